The Hall–Kier alpha value is -1.02. The maximum Gasteiger partial charge on any atom is 0.273 e. The molecule has 0 saturated carbocycles. The molecule has 1 amide bonds. The van der Waals surface area contributed by atoms with E-state index in [0.717, 1.165) is 63.8 Å². The van der Waals surface area contributed by atoms with E-state index in [9.17, 15) is 4.79 Å². The molecule has 27 heavy (non-hydrogen) atoms. The lowest BCUT2D eigenvalue weighted by atomic mass is 9.78. The lowest BCUT2D eigenvalue weighted by Gasteiger charge is -2.42. The molecular formula is C20H32N4O2S. The van der Waals surface area contributed by atoms with Gasteiger partial charge in [-0.15, -0.1) is 11.3 Å². The smallest absolute Gasteiger partial charge is 0.273 e. The second-order valence-electron chi connectivity index (χ2n) is 8.42. The van der Waals surface area contributed by atoms with Crippen molar-refractivity contribution in [1.82, 2.24) is 19.7 Å². The highest BCUT2D eigenvalue weighted by Gasteiger charge is 2.39. The summed E-state index contributed by atoms with van der Waals surface area (Å²) in [5.41, 5.74) is 0.814. The summed E-state index contributed by atoms with van der Waals surface area (Å²) in [5, 5.41) is 2.84. The van der Waals surface area contributed by atoms with Gasteiger partial charge in [-0.1, -0.05) is 0 Å². The summed E-state index contributed by atoms with van der Waals surface area (Å²) in [5.74, 6) is 0.0922. The molecule has 0 bridgehead atoms. The third-order valence-electron chi connectivity index (χ3n) is 6.40. The van der Waals surface area contributed by atoms with E-state index >= 15 is 0 Å². The van der Waals surface area contributed by atoms with Gasteiger partial charge in [0.2, 0.25) is 0 Å². The fourth-order valence-electron chi connectivity index (χ4n) is 4.67. The van der Waals surface area contributed by atoms with Gasteiger partial charge >= 0.3 is 0 Å². The van der Waals surface area contributed by atoms with Crippen LogP contribution in [0.25, 0.3) is 0 Å². The van der Waals surface area contributed by atoms with Crippen LogP contribution >= 0.6 is 11.3 Å². The molecule has 7 heteroatoms. The Labute approximate surface area is 166 Å². The Bertz CT molecular complexity index is 636. The molecule has 4 heterocycles. The highest BCUT2D eigenvalue weighted by molar-refractivity contribution is 7.09. The molecule has 0 aromatic carbocycles. The summed E-state index contributed by atoms with van der Waals surface area (Å²) in [6.45, 7) is 12.3. The van der Waals surface area contributed by atoms with Gasteiger partial charge in [0, 0.05) is 50.1 Å². The number of carbonyl (C=O) groups is 1. The zero-order valence-electron chi connectivity index (χ0n) is 16.5. The number of amides is 1. The fraction of sp³-hybridized carbons (Fsp3) is 0.800. The van der Waals surface area contributed by atoms with Gasteiger partial charge in [0.25, 0.3) is 5.91 Å². The van der Waals surface area contributed by atoms with Crippen molar-refractivity contribution in [3.63, 3.8) is 0 Å². The zero-order valence-corrected chi connectivity index (χ0v) is 17.3. The summed E-state index contributed by atoms with van der Waals surface area (Å²) in [6.07, 6.45) is 4.77. The van der Waals surface area contributed by atoms with E-state index in [-0.39, 0.29) is 11.3 Å². The first-order chi connectivity index (χ1) is 13.1. The molecule has 0 N–H and O–H groups in total. The number of hydrogen-bond donors (Lipinski definition) is 0. The molecule has 6 nitrogen and oxygen atoms in total. The summed E-state index contributed by atoms with van der Waals surface area (Å²) < 4.78 is 6.00. The van der Waals surface area contributed by atoms with E-state index in [0.29, 0.717) is 5.69 Å². The Kier molecular flexibility index (Phi) is 6.12. The van der Waals surface area contributed by atoms with Crippen LogP contribution < -0.4 is 0 Å². The quantitative estimate of drug-likeness (QED) is 0.785. The van der Waals surface area contributed by atoms with Crippen molar-refractivity contribution in [2.75, 3.05) is 65.6 Å². The monoisotopic (exact) mass is 392 g/mol. The van der Waals surface area contributed by atoms with Gasteiger partial charge in [-0.2, -0.15) is 0 Å². The van der Waals surface area contributed by atoms with Crippen molar-refractivity contribution >= 4 is 17.2 Å². The lowest BCUT2D eigenvalue weighted by Crippen LogP contribution is -2.49. The van der Waals surface area contributed by atoms with Crippen molar-refractivity contribution in [2.24, 2.45) is 5.41 Å². The topological polar surface area (TPSA) is 48.9 Å². The number of aryl methyl sites for hydroxylation is 1. The van der Waals surface area contributed by atoms with E-state index in [2.05, 4.69) is 14.8 Å². The number of ether oxygens (including phenoxy) is 1. The minimum atomic E-state index is 0.0922. The third kappa shape index (κ3) is 4.70. The van der Waals surface area contributed by atoms with Crippen molar-refractivity contribution < 1.29 is 9.53 Å². The van der Waals surface area contributed by atoms with Crippen LogP contribution in [0.4, 0.5) is 0 Å². The van der Waals surface area contributed by atoms with Crippen LogP contribution in [0.5, 0.6) is 0 Å². The molecule has 4 rings (SSSR count). The van der Waals surface area contributed by atoms with E-state index < -0.39 is 0 Å². The zero-order chi connectivity index (χ0) is 18.7. The Morgan fingerprint density at radius 2 is 1.89 bits per heavy atom. The molecule has 3 aliphatic rings. The summed E-state index contributed by atoms with van der Waals surface area (Å²) in [7, 11) is 0. The maximum absolute atomic E-state index is 12.7. The first kappa shape index (κ1) is 19.3. The molecule has 150 valence electrons. The van der Waals surface area contributed by atoms with Crippen LogP contribution in [0.1, 0.15) is 41.2 Å². The summed E-state index contributed by atoms with van der Waals surface area (Å²) in [6, 6.07) is 0. The van der Waals surface area contributed by atoms with Crippen LogP contribution in [-0.2, 0) is 4.74 Å². The van der Waals surface area contributed by atoms with Crippen molar-refractivity contribution in [3.8, 4) is 0 Å². The van der Waals surface area contributed by atoms with Gasteiger partial charge in [0.1, 0.15) is 5.69 Å². The van der Waals surface area contributed by atoms with Crippen molar-refractivity contribution in [1.29, 1.82) is 0 Å². The standard InChI is InChI=1S/C20H32N4O2S/c1-17-21-18(14-27-17)19(25)24-8-4-20(5-9-24)15-23(12-13-26-16-20)11-10-22-6-2-3-7-22/h14H,2-13,15-16H2,1H3. The number of likely N-dealkylation sites (tertiary alicyclic amines) is 2. The van der Waals surface area contributed by atoms with Gasteiger partial charge in [-0.05, 0) is 45.7 Å². The molecule has 0 radical (unpaired) electrons. The molecular weight excluding hydrogens is 360 g/mol. The van der Waals surface area contributed by atoms with Gasteiger partial charge in [-0.3, -0.25) is 9.69 Å². The van der Waals surface area contributed by atoms with Crippen LogP contribution in [0.15, 0.2) is 5.38 Å². The van der Waals surface area contributed by atoms with Crippen molar-refractivity contribution in [2.45, 2.75) is 32.6 Å². The van der Waals surface area contributed by atoms with Crippen molar-refractivity contribution in [3.05, 3.63) is 16.1 Å². The average molecular weight is 393 g/mol. The van der Waals surface area contributed by atoms with Gasteiger partial charge < -0.3 is 14.5 Å². The SMILES string of the molecule is Cc1nc(C(=O)N2CCC3(CC2)COCCN(CCN2CCCC2)C3)cs1. The van der Waals surface area contributed by atoms with Gasteiger partial charge in [0.05, 0.1) is 18.2 Å². The molecule has 0 aliphatic carbocycles. The number of rotatable bonds is 4. The van der Waals surface area contributed by atoms with Crippen LogP contribution in [0.3, 0.4) is 0 Å². The molecule has 0 atom stereocenters. The number of aromatic nitrogens is 1. The highest BCUT2D eigenvalue weighted by atomic mass is 32.1. The predicted octanol–water partition coefficient (Wildman–Crippen LogP) is 2.10. The molecule has 3 fully saturated rings. The second-order valence-corrected chi connectivity index (χ2v) is 9.48. The number of piperidine rings is 1. The number of nitrogens with zero attached hydrogens (tertiary/aromatic N) is 4. The highest BCUT2D eigenvalue weighted by Crippen LogP contribution is 2.34. The molecule has 3 saturated heterocycles. The minimum Gasteiger partial charge on any atom is -0.379 e. The normalized spacial score (nSPS) is 24.4. The van der Waals surface area contributed by atoms with Gasteiger partial charge in [0.15, 0.2) is 0 Å². The largest absolute Gasteiger partial charge is 0.379 e. The number of carbonyl (C=O) groups excluding carboxylic acids is 1. The maximum atomic E-state index is 12.7. The van der Waals surface area contributed by atoms with Crippen LogP contribution in [0, 0.1) is 12.3 Å². The molecule has 3 aliphatic heterocycles. The number of thiazole rings is 1. The fourth-order valence-corrected chi connectivity index (χ4v) is 5.26. The molecule has 1 aromatic heterocycles. The first-order valence-corrected chi connectivity index (χ1v) is 11.3. The minimum absolute atomic E-state index is 0.0922. The molecule has 1 spiro atoms. The lowest BCUT2D eigenvalue weighted by molar-refractivity contribution is 0.0144. The average Bonchev–Trinajstić information content (AvgIpc) is 3.31. The van der Waals surface area contributed by atoms with E-state index in [4.69, 9.17) is 4.74 Å². The first-order valence-electron chi connectivity index (χ1n) is 10.4. The molecule has 1 aromatic rings. The third-order valence-corrected chi connectivity index (χ3v) is 7.17. The molecule has 0 unspecified atom stereocenters. The predicted molar refractivity (Wildman–Crippen MR) is 107 cm³/mol. The van der Waals surface area contributed by atoms with E-state index in [1.54, 1.807) is 11.3 Å². The van der Waals surface area contributed by atoms with E-state index in [1.165, 1.54) is 32.5 Å². The Morgan fingerprint density at radius 1 is 1.15 bits per heavy atom. The van der Waals surface area contributed by atoms with Gasteiger partial charge in [-0.25, -0.2) is 4.98 Å². The van der Waals surface area contributed by atoms with E-state index in [1.807, 2.05) is 17.2 Å². The summed E-state index contributed by atoms with van der Waals surface area (Å²) in [4.78, 5) is 24.2. The Balaban J connectivity index is 1.32. The summed E-state index contributed by atoms with van der Waals surface area (Å²) >= 11 is 1.55. The number of hydrogen-bond acceptors (Lipinski definition) is 6. The van der Waals surface area contributed by atoms with Crippen LogP contribution in [-0.4, -0.2) is 91.2 Å². The van der Waals surface area contributed by atoms with Crippen LogP contribution in [0.2, 0.25) is 0 Å². The second kappa shape index (κ2) is 8.55. The Morgan fingerprint density at radius 3 is 2.59 bits per heavy atom.